The van der Waals surface area contributed by atoms with E-state index in [0.717, 1.165) is 11.3 Å². The SMILES string of the molecule is NCCc1ccc(Nc2ccccc2)c(F)c1. The number of nitrogens with one attached hydrogen (secondary N) is 1. The Hall–Kier alpha value is -1.87. The molecule has 0 aliphatic heterocycles. The van der Waals surface area contributed by atoms with Crippen LogP contribution in [0.2, 0.25) is 0 Å². The van der Waals surface area contributed by atoms with Crippen LogP contribution in [0.5, 0.6) is 0 Å². The molecule has 0 bridgehead atoms. The van der Waals surface area contributed by atoms with E-state index in [1.807, 2.05) is 36.4 Å². The smallest absolute Gasteiger partial charge is 0.146 e. The van der Waals surface area contributed by atoms with Crippen LogP contribution < -0.4 is 11.1 Å². The molecule has 88 valence electrons. The van der Waals surface area contributed by atoms with Crippen LogP contribution in [-0.2, 0) is 6.42 Å². The van der Waals surface area contributed by atoms with Gasteiger partial charge in [-0.25, -0.2) is 4.39 Å². The van der Waals surface area contributed by atoms with Crippen molar-refractivity contribution in [2.75, 3.05) is 11.9 Å². The highest BCUT2D eigenvalue weighted by molar-refractivity contribution is 5.60. The summed E-state index contributed by atoms with van der Waals surface area (Å²) in [7, 11) is 0. The standard InChI is InChI=1S/C14H15FN2/c15-13-10-11(8-9-16)6-7-14(13)17-12-4-2-1-3-5-12/h1-7,10,17H,8-9,16H2. The minimum absolute atomic E-state index is 0.250. The number of anilines is 2. The molecular weight excluding hydrogens is 215 g/mol. The first-order valence-electron chi connectivity index (χ1n) is 5.60. The number of para-hydroxylation sites is 1. The average molecular weight is 230 g/mol. The Bertz CT molecular complexity index is 483. The van der Waals surface area contributed by atoms with Gasteiger partial charge >= 0.3 is 0 Å². The summed E-state index contributed by atoms with van der Waals surface area (Å²) in [6.45, 7) is 0.533. The van der Waals surface area contributed by atoms with E-state index in [1.165, 1.54) is 6.07 Å². The number of benzene rings is 2. The average Bonchev–Trinajstić information content (AvgIpc) is 2.34. The second kappa shape index (κ2) is 5.46. The lowest BCUT2D eigenvalue weighted by atomic mass is 10.1. The normalized spacial score (nSPS) is 10.2. The molecule has 2 aromatic rings. The van der Waals surface area contributed by atoms with Crippen molar-refractivity contribution in [2.24, 2.45) is 5.73 Å². The fourth-order valence-corrected chi connectivity index (χ4v) is 1.66. The van der Waals surface area contributed by atoms with Gasteiger partial charge in [-0.05, 0) is 42.8 Å². The van der Waals surface area contributed by atoms with Gasteiger partial charge in [0.05, 0.1) is 5.69 Å². The van der Waals surface area contributed by atoms with Crippen molar-refractivity contribution in [1.82, 2.24) is 0 Å². The number of rotatable bonds is 4. The van der Waals surface area contributed by atoms with Crippen LogP contribution in [0, 0.1) is 5.82 Å². The molecule has 0 aliphatic rings. The predicted octanol–water partition coefficient (Wildman–Crippen LogP) is 3.07. The fraction of sp³-hybridized carbons (Fsp3) is 0.143. The highest BCUT2D eigenvalue weighted by Gasteiger charge is 2.03. The zero-order valence-corrected chi connectivity index (χ0v) is 9.49. The zero-order chi connectivity index (χ0) is 12.1. The van der Waals surface area contributed by atoms with Gasteiger partial charge in [-0.3, -0.25) is 0 Å². The van der Waals surface area contributed by atoms with E-state index in [4.69, 9.17) is 5.73 Å². The van der Waals surface area contributed by atoms with E-state index in [9.17, 15) is 4.39 Å². The van der Waals surface area contributed by atoms with E-state index in [1.54, 1.807) is 6.07 Å². The third-order valence-corrected chi connectivity index (χ3v) is 2.52. The van der Waals surface area contributed by atoms with Crippen molar-refractivity contribution in [2.45, 2.75) is 6.42 Å². The van der Waals surface area contributed by atoms with Gasteiger partial charge in [-0.2, -0.15) is 0 Å². The highest BCUT2D eigenvalue weighted by atomic mass is 19.1. The van der Waals surface area contributed by atoms with E-state index >= 15 is 0 Å². The van der Waals surface area contributed by atoms with Gasteiger partial charge in [0, 0.05) is 5.69 Å². The Kier molecular flexibility index (Phi) is 3.73. The first-order valence-corrected chi connectivity index (χ1v) is 5.60. The Balaban J connectivity index is 2.17. The van der Waals surface area contributed by atoms with Crippen LogP contribution in [0.1, 0.15) is 5.56 Å². The van der Waals surface area contributed by atoms with Gasteiger partial charge in [-0.1, -0.05) is 24.3 Å². The van der Waals surface area contributed by atoms with Crippen LogP contribution >= 0.6 is 0 Å². The van der Waals surface area contributed by atoms with Crippen molar-refractivity contribution in [1.29, 1.82) is 0 Å². The number of hydrogen-bond acceptors (Lipinski definition) is 2. The molecule has 0 aromatic heterocycles. The van der Waals surface area contributed by atoms with Gasteiger partial charge in [0.2, 0.25) is 0 Å². The summed E-state index contributed by atoms with van der Waals surface area (Å²) in [5.41, 5.74) is 7.71. The molecule has 2 aromatic carbocycles. The molecule has 0 aliphatic carbocycles. The zero-order valence-electron chi connectivity index (χ0n) is 9.49. The molecule has 0 spiro atoms. The summed E-state index contributed by atoms with van der Waals surface area (Å²) < 4.78 is 13.8. The number of nitrogens with two attached hydrogens (primary N) is 1. The second-order valence-corrected chi connectivity index (χ2v) is 3.84. The Labute approximate surface area is 100 Å². The molecule has 0 saturated heterocycles. The molecule has 3 heteroatoms. The van der Waals surface area contributed by atoms with Gasteiger partial charge in [0.1, 0.15) is 5.82 Å². The van der Waals surface area contributed by atoms with Crippen LogP contribution in [0.25, 0.3) is 0 Å². The number of halogens is 1. The Morgan fingerprint density at radius 2 is 1.82 bits per heavy atom. The maximum Gasteiger partial charge on any atom is 0.146 e. The lowest BCUT2D eigenvalue weighted by Crippen LogP contribution is -2.03. The minimum atomic E-state index is -0.250. The van der Waals surface area contributed by atoms with E-state index in [2.05, 4.69) is 5.32 Å². The van der Waals surface area contributed by atoms with Crippen molar-refractivity contribution in [3.63, 3.8) is 0 Å². The van der Waals surface area contributed by atoms with Crippen molar-refractivity contribution < 1.29 is 4.39 Å². The molecule has 0 unspecified atom stereocenters. The Morgan fingerprint density at radius 1 is 1.06 bits per heavy atom. The van der Waals surface area contributed by atoms with Crippen LogP contribution in [0.15, 0.2) is 48.5 Å². The largest absolute Gasteiger partial charge is 0.353 e. The fourth-order valence-electron chi connectivity index (χ4n) is 1.66. The molecule has 0 saturated carbocycles. The molecule has 0 fully saturated rings. The minimum Gasteiger partial charge on any atom is -0.353 e. The van der Waals surface area contributed by atoms with Crippen LogP contribution in [0.3, 0.4) is 0 Å². The lowest BCUT2D eigenvalue weighted by molar-refractivity contribution is 0.629. The summed E-state index contributed by atoms with van der Waals surface area (Å²) >= 11 is 0. The summed E-state index contributed by atoms with van der Waals surface area (Å²) in [4.78, 5) is 0. The highest BCUT2D eigenvalue weighted by Crippen LogP contribution is 2.20. The van der Waals surface area contributed by atoms with E-state index < -0.39 is 0 Å². The molecule has 2 nitrogen and oxygen atoms in total. The molecule has 17 heavy (non-hydrogen) atoms. The maximum atomic E-state index is 13.8. The van der Waals surface area contributed by atoms with Crippen LogP contribution in [-0.4, -0.2) is 6.54 Å². The first kappa shape index (κ1) is 11.6. The third kappa shape index (κ3) is 3.04. The molecule has 0 atom stereocenters. The monoisotopic (exact) mass is 230 g/mol. The maximum absolute atomic E-state index is 13.8. The third-order valence-electron chi connectivity index (χ3n) is 2.52. The molecular formula is C14H15FN2. The van der Waals surface area contributed by atoms with Gasteiger partial charge in [0.25, 0.3) is 0 Å². The van der Waals surface area contributed by atoms with E-state index in [-0.39, 0.29) is 5.82 Å². The van der Waals surface area contributed by atoms with Crippen LogP contribution in [0.4, 0.5) is 15.8 Å². The second-order valence-electron chi connectivity index (χ2n) is 3.84. The van der Waals surface area contributed by atoms with Crippen molar-refractivity contribution >= 4 is 11.4 Å². The quantitative estimate of drug-likeness (QED) is 0.847. The molecule has 3 N–H and O–H groups in total. The Morgan fingerprint density at radius 3 is 2.47 bits per heavy atom. The summed E-state index contributed by atoms with van der Waals surface area (Å²) in [5.74, 6) is -0.250. The molecule has 0 heterocycles. The van der Waals surface area contributed by atoms with Gasteiger partial charge in [0.15, 0.2) is 0 Å². The molecule has 0 radical (unpaired) electrons. The first-order chi connectivity index (χ1) is 8.29. The summed E-state index contributed by atoms with van der Waals surface area (Å²) in [6, 6.07) is 14.7. The van der Waals surface area contributed by atoms with Gasteiger partial charge in [-0.15, -0.1) is 0 Å². The van der Waals surface area contributed by atoms with Gasteiger partial charge < -0.3 is 11.1 Å². The van der Waals surface area contributed by atoms with E-state index in [0.29, 0.717) is 18.7 Å². The topological polar surface area (TPSA) is 38.0 Å². The summed E-state index contributed by atoms with van der Waals surface area (Å²) in [5, 5.41) is 3.04. The summed E-state index contributed by atoms with van der Waals surface area (Å²) in [6.07, 6.45) is 0.697. The molecule has 2 rings (SSSR count). The lowest BCUT2D eigenvalue weighted by Gasteiger charge is -2.08. The number of hydrogen-bond donors (Lipinski definition) is 2. The predicted molar refractivity (Wildman–Crippen MR) is 68.9 cm³/mol. The van der Waals surface area contributed by atoms with Crippen molar-refractivity contribution in [3.05, 3.63) is 59.9 Å². The molecule has 0 amide bonds. The van der Waals surface area contributed by atoms with Crippen molar-refractivity contribution in [3.8, 4) is 0 Å².